The van der Waals surface area contributed by atoms with Gasteiger partial charge in [-0.3, -0.25) is 0 Å². The third-order valence-electron chi connectivity index (χ3n) is 4.45. The summed E-state index contributed by atoms with van der Waals surface area (Å²) in [6.45, 7) is 0. The van der Waals surface area contributed by atoms with E-state index in [9.17, 15) is 0 Å². The zero-order chi connectivity index (χ0) is 14.2. The van der Waals surface area contributed by atoms with Crippen molar-refractivity contribution in [1.29, 1.82) is 0 Å². The lowest BCUT2D eigenvalue weighted by Crippen LogP contribution is -1.91. The number of benzene rings is 4. The Hall–Kier alpha value is -1.60. The Morgan fingerprint density at radius 3 is 2.10 bits per heavy atom. The highest BCUT2D eigenvalue weighted by atomic mass is 79.9. The molecule has 21 heavy (non-hydrogen) atoms. The monoisotopic (exact) mass is 336 g/mol. The van der Waals surface area contributed by atoms with E-state index in [0.29, 0.717) is 0 Å². The van der Waals surface area contributed by atoms with Crippen molar-refractivity contribution < 1.29 is 0 Å². The van der Waals surface area contributed by atoms with Crippen molar-refractivity contribution in [2.24, 2.45) is 0 Å². The first-order valence-corrected chi connectivity index (χ1v) is 8.72. The van der Waals surface area contributed by atoms with Crippen LogP contribution in [-0.2, 0) is 6.42 Å². The summed E-state index contributed by atoms with van der Waals surface area (Å²) < 4.78 is 0. The highest BCUT2D eigenvalue weighted by molar-refractivity contribution is 9.09. The first-order chi connectivity index (χ1) is 10.4. The fourth-order valence-electron chi connectivity index (χ4n) is 3.42. The fourth-order valence-corrected chi connectivity index (χ4v) is 3.82. The summed E-state index contributed by atoms with van der Waals surface area (Å²) in [6, 6.07) is 20.3. The van der Waals surface area contributed by atoms with Gasteiger partial charge in [-0.05, 0) is 57.1 Å². The number of rotatable bonds is 4. The zero-order valence-corrected chi connectivity index (χ0v) is 13.5. The molecule has 1 heteroatoms. The van der Waals surface area contributed by atoms with Gasteiger partial charge in [-0.25, -0.2) is 0 Å². The van der Waals surface area contributed by atoms with Crippen LogP contribution in [-0.4, -0.2) is 5.33 Å². The molecule has 0 aromatic heterocycles. The van der Waals surface area contributed by atoms with Crippen molar-refractivity contribution in [1.82, 2.24) is 0 Å². The van der Waals surface area contributed by atoms with Gasteiger partial charge in [-0.15, -0.1) is 0 Å². The van der Waals surface area contributed by atoms with Gasteiger partial charge in [0.1, 0.15) is 0 Å². The van der Waals surface area contributed by atoms with Crippen LogP contribution in [0.1, 0.15) is 18.4 Å². The predicted octanol–water partition coefficient (Wildman–Crippen LogP) is 6.30. The molecule has 0 saturated heterocycles. The molecule has 0 aliphatic heterocycles. The standard InChI is InChI=1S/C20H17Br/c21-13-2-1-4-14-7-8-17-10-9-15-5-3-6-16-11-12-18(14)20(17)19(15)16/h3,5-12H,1-2,4,13H2. The molecule has 4 rings (SSSR count). The molecule has 0 heterocycles. The van der Waals surface area contributed by atoms with Gasteiger partial charge in [0.15, 0.2) is 0 Å². The molecule has 4 aromatic rings. The van der Waals surface area contributed by atoms with E-state index in [0.717, 1.165) is 5.33 Å². The van der Waals surface area contributed by atoms with Crippen LogP contribution in [0.3, 0.4) is 0 Å². The molecule has 0 unspecified atom stereocenters. The summed E-state index contributed by atoms with van der Waals surface area (Å²) in [7, 11) is 0. The Labute approximate surface area is 133 Å². The Morgan fingerprint density at radius 1 is 0.667 bits per heavy atom. The maximum Gasteiger partial charge on any atom is 0.00314 e. The zero-order valence-electron chi connectivity index (χ0n) is 11.9. The highest BCUT2D eigenvalue weighted by Gasteiger charge is 2.10. The lowest BCUT2D eigenvalue weighted by Gasteiger charge is -2.13. The minimum atomic E-state index is 1.10. The molecule has 0 aliphatic carbocycles. The van der Waals surface area contributed by atoms with Gasteiger partial charge in [-0.2, -0.15) is 0 Å². The number of hydrogen-bond donors (Lipinski definition) is 0. The van der Waals surface area contributed by atoms with Crippen molar-refractivity contribution >= 4 is 48.2 Å². The smallest absolute Gasteiger partial charge is 0.00314 e. The van der Waals surface area contributed by atoms with Gasteiger partial charge in [0.05, 0.1) is 0 Å². The van der Waals surface area contributed by atoms with Crippen LogP contribution >= 0.6 is 15.9 Å². The predicted molar refractivity (Wildman–Crippen MR) is 96.9 cm³/mol. The number of halogens is 1. The minimum Gasteiger partial charge on any atom is -0.0928 e. The second-order valence-electron chi connectivity index (χ2n) is 5.73. The van der Waals surface area contributed by atoms with E-state index in [2.05, 4.69) is 70.5 Å². The molecule has 0 fully saturated rings. The second-order valence-corrected chi connectivity index (χ2v) is 6.52. The molecular weight excluding hydrogens is 320 g/mol. The summed E-state index contributed by atoms with van der Waals surface area (Å²) in [6.07, 6.45) is 3.65. The van der Waals surface area contributed by atoms with E-state index in [1.165, 1.54) is 57.1 Å². The Morgan fingerprint density at radius 2 is 1.33 bits per heavy atom. The van der Waals surface area contributed by atoms with Gasteiger partial charge >= 0.3 is 0 Å². The van der Waals surface area contributed by atoms with Crippen molar-refractivity contribution in [3.63, 3.8) is 0 Å². The molecule has 104 valence electrons. The summed E-state index contributed by atoms with van der Waals surface area (Å²) in [5.41, 5.74) is 1.49. The third kappa shape index (κ3) is 2.11. The summed E-state index contributed by atoms with van der Waals surface area (Å²) >= 11 is 3.53. The van der Waals surface area contributed by atoms with Crippen LogP contribution < -0.4 is 0 Å². The third-order valence-corrected chi connectivity index (χ3v) is 5.01. The van der Waals surface area contributed by atoms with Crippen molar-refractivity contribution in [3.05, 3.63) is 60.2 Å². The Kier molecular flexibility index (Phi) is 3.31. The average molecular weight is 337 g/mol. The molecular formula is C20H17Br. The summed E-state index contributed by atoms with van der Waals surface area (Å²) in [4.78, 5) is 0. The van der Waals surface area contributed by atoms with E-state index < -0.39 is 0 Å². The molecule has 0 amide bonds. The fraction of sp³-hybridized carbons (Fsp3) is 0.200. The first-order valence-electron chi connectivity index (χ1n) is 7.60. The lowest BCUT2D eigenvalue weighted by atomic mass is 9.91. The number of unbranched alkanes of at least 4 members (excludes halogenated alkanes) is 1. The second kappa shape index (κ2) is 5.31. The normalized spacial score (nSPS) is 11.9. The van der Waals surface area contributed by atoms with E-state index in [1.807, 2.05) is 0 Å². The van der Waals surface area contributed by atoms with Crippen molar-refractivity contribution in [2.75, 3.05) is 5.33 Å². The minimum absolute atomic E-state index is 1.10. The van der Waals surface area contributed by atoms with Crippen LogP contribution in [0.25, 0.3) is 32.3 Å². The van der Waals surface area contributed by atoms with E-state index >= 15 is 0 Å². The van der Waals surface area contributed by atoms with Gasteiger partial charge in [-0.1, -0.05) is 70.5 Å². The lowest BCUT2D eigenvalue weighted by molar-refractivity contribution is 0.810. The largest absolute Gasteiger partial charge is 0.0928 e. The van der Waals surface area contributed by atoms with Crippen LogP contribution in [0.5, 0.6) is 0 Å². The van der Waals surface area contributed by atoms with Crippen LogP contribution in [0, 0.1) is 0 Å². The maximum atomic E-state index is 3.53. The highest BCUT2D eigenvalue weighted by Crippen LogP contribution is 2.36. The Bertz CT molecular complexity index is 892. The molecule has 0 N–H and O–H groups in total. The average Bonchev–Trinajstić information content (AvgIpc) is 2.54. The number of hydrogen-bond acceptors (Lipinski definition) is 0. The topological polar surface area (TPSA) is 0 Å². The maximum absolute atomic E-state index is 3.53. The van der Waals surface area contributed by atoms with Gasteiger partial charge in [0.25, 0.3) is 0 Å². The van der Waals surface area contributed by atoms with Gasteiger partial charge < -0.3 is 0 Å². The van der Waals surface area contributed by atoms with Gasteiger partial charge in [0, 0.05) is 5.33 Å². The van der Waals surface area contributed by atoms with Crippen molar-refractivity contribution in [3.8, 4) is 0 Å². The number of alkyl halides is 1. The molecule has 0 radical (unpaired) electrons. The van der Waals surface area contributed by atoms with Crippen molar-refractivity contribution in [2.45, 2.75) is 19.3 Å². The molecule has 0 saturated carbocycles. The first kappa shape index (κ1) is 13.1. The SMILES string of the molecule is BrCCCCc1ccc2ccc3cccc4ccc1c2c34. The molecule has 0 bridgehead atoms. The number of aryl methyl sites for hydroxylation is 1. The molecule has 4 aromatic carbocycles. The van der Waals surface area contributed by atoms with Crippen LogP contribution in [0.2, 0.25) is 0 Å². The van der Waals surface area contributed by atoms with Crippen LogP contribution in [0.15, 0.2) is 54.6 Å². The summed E-state index contributed by atoms with van der Waals surface area (Å²) in [5, 5.41) is 9.46. The quantitative estimate of drug-likeness (QED) is 0.233. The van der Waals surface area contributed by atoms with Gasteiger partial charge in [0.2, 0.25) is 0 Å². The van der Waals surface area contributed by atoms with E-state index in [-0.39, 0.29) is 0 Å². The Balaban J connectivity index is 2.01. The molecule has 0 atom stereocenters. The van der Waals surface area contributed by atoms with Crippen LogP contribution in [0.4, 0.5) is 0 Å². The van der Waals surface area contributed by atoms with E-state index in [1.54, 1.807) is 0 Å². The molecule has 0 aliphatic rings. The molecule has 0 nitrogen and oxygen atoms in total. The van der Waals surface area contributed by atoms with E-state index in [4.69, 9.17) is 0 Å². The molecule has 0 spiro atoms. The summed E-state index contributed by atoms with van der Waals surface area (Å²) in [5.74, 6) is 0.